The minimum absolute atomic E-state index is 0.0287. The predicted octanol–water partition coefficient (Wildman–Crippen LogP) is -2.41. The highest BCUT2D eigenvalue weighted by Gasteiger charge is 2.31. The van der Waals surface area contributed by atoms with Crippen molar-refractivity contribution in [3.05, 3.63) is 54.1 Å². The Kier molecular flexibility index (Phi) is 12.7. The van der Waals surface area contributed by atoms with E-state index in [1.165, 1.54) is 12.5 Å². The molecule has 0 aliphatic rings. The van der Waals surface area contributed by atoms with E-state index in [1.54, 1.807) is 30.3 Å². The number of hydrogen-bond acceptors (Lipinski definition) is 8. The Bertz CT molecular complexity index is 1200. The highest BCUT2D eigenvalue weighted by atomic mass is 16.4. The van der Waals surface area contributed by atoms with Gasteiger partial charge in [0.25, 0.3) is 0 Å². The number of carboxylic acids is 2. The number of nitrogens with two attached hydrogens (primary N) is 3. The number of carbonyl (C=O) groups is 5. The Hall–Kier alpha value is -4.99. The highest BCUT2D eigenvalue weighted by molar-refractivity contribution is 5.94. The fraction of sp³-hybridized carbons (Fsp3) is 0.400. The molecule has 0 aliphatic heterocycles. The van der Waals surface area contributed by atoms with Crippen LogP contribution < -0.4 is 33.2 Å². The van der Waals surface area contributed by atoms with E-state index in [-0.39, 0.29) is 38.2 Å². The van der Waals surface area contributed by atoms with E-state index in [4.69, 9.17) is 22.3 Å². The molecule has 0 aliphatic carbocycles. The maximum Gasteiger partial charge on any atom is 0.326 e. The summed E-state index contributed by atoms with van der Waals surface area (Å²) in [4.78, 5) is 72.4. The molecule has 1 heterocycles. The van der Waals surface area contributed by atoms with Crippen LogP contribution in [-0.4, -0.2) is 86.5 Å². The van der Waals surface area contributed by atoms with Gasteiger partial charge in [-0.1, -0.05) is 30.3 Å². The van der Waals surface area contributed by atoms with Gasteiger partial charge >= 0.3 is 11.9 Å². The average Bonchev–Trinajstić information content (AvgIpc) is 3.42. The molecular weight excluding hydrogens is 538 g/mol. The Morgan fingerprint density at radius 3 is 2.12 bits per heavy atom. The molecule has 0 radical (unpaired) electrons. The molecule has 41 heavy (non-hydrogen) atoms. The number of guanidine groups is 1. The number of benzene rings is 1. The number of carboxylic acid groups (broad SMARTS) is 2. The molecule has 4 atom stereocenters. The van der Waals surface area contributed by atoms with Crippen LogP contribution in [0.4, 0.5) is 0 Å². The number of imidazole rings is 1. The third-order valence-electron chi connectivity index (χ3n) is 5.82. The quantitative estimate of drug-likeness (QED) is 0.0545. The SMILES string of the molecule is NC(N)=NCCCC(NC(=O)C(Cc1ccccc1)NC(=O)C(N)Cc1cnc[nH]1)C(=O)NC(CC(=O)O)C(=O)O. The second-order valence-corrected chi connectivity index (χ2v) is 9.15. The Morgan fingerprint density at radius 2 is 1.54 bits per heavy atom. The molecule has 222 valence electrons. The second-order valence-electron chi connectivity index (χ2n) is 9.15. The van der Waals surface area contributed by atoms with Gasteiger partial charge in [-0.2, -0.15) is 0 Å². The minimum atomic E-state index is -1.74. The molecule has 2 aromatic rings. The first-order chi connectivity index (χ1) is 19.5. The first-order valence-corrected chi connectivity index (χ1v) is 12.6. The van der Waals surface area contributed by atoms with Gasteiger partial charge in [0.1, 0.15) is 18.1 Å². The van der Waals surface area contributed by atoms with Crippen molar-refractivity contribution in [2.45, 2.75) is 56.3 Å². The van der Waals surface area contributed by atoms with Gasteiger partial charge in [-0.3, -0.25) is 24.2 Å². The van der Waals surface area contributed by atoms with Crippen molar-refractivity contribution in [1.82, 2.24) is 25.9 Å². The summed E-state index contributed by atoms with van der Waals surface area (Å²) in [5.74, 6) is -5.49. The van der Waals surface area contributed by atoms with Crippen LogP contribution in [0.5, 0.6) is 0 Å². The van der Waals surface area contributed by atoms with Gasteiger partial charge in [0.15, 0.2) is 5.96 Å². The number of rotatable bonds is 17. The normalized spacial score (nSPS) is 13.6. The third kappa shape index (κ3) is 11.7. The molecule has 0 saturated heterocycles. The summed E-state index contributed by atoms with van der Waals surface area (Å²) in [5.41, 5.74) is 18.0. The Morgan fingerprint density at radius 1 is 0.902 bits per heavy atom. The molecule has 16 heteroatoms. The van der Waals surface area contributed by atoms with Crippen molar-refractivity contribution in [2.24, 2.45) is 22.2 Å². The molecule has 0 spiro atoms. The number of nitrogens with one attached hydrogen (secondary N) is 4. The van der Waals surface area contributed by atoms with Crippen molar-refractivity contribution < 1.29 is 34.2 Å². The van der Waals surface area contributed by atoms with Gasteiger partial charge in [-0.15, -0.1) is 0 Å². The Labute approximate surface area is 235 Å². The highest BCUT2D eigenvalue weighted by Crippen LogP contribution is 2.07. The van der Waals surface area contributed by atoms with Crippen molar-refractivity contribution in [1.29, 1.82) is 0 Å². The van der Waals surface area contributed by atoms with E-state index >= 15 is 0 Å². The van der Waals surface area contributed by atoms with Crippen molar-refractivity contribution >= 4 is 35.6 Å². The zero-order chi connectivity index (χ0) is 30.4. The summed E-state index contributed by atoms with van der Waals surface area (Å²) in [6.07, 6.45) is 2.43. The zero-order valence-corrected chi connectivity index (χ0v) is 22.2. The number of amides is 3. The molecule has 2 rings (SSSR count). The standard InChI is InChI=1S/C25H35N9O7/c26-16(10-15-12-29-13-31-15)21(37)33-18(9-14-5-2-1-3-6-14)23(39)32-17(7-4-8-30-25(27)28)22(38)34-19(24(40)41)11-20(35)36/h1-3,5-6,12-13,16-19H,4,7-11,26H2,(H,29,31)(H,32,39)(H,33,37)(H,34,38)(H,35,36)(H,40,41)(H4,27,28,30). The van der Waals surface area contributed by atoms with E-state index in [2.05, 4.69) is 30.9 Å². The van der Waals surface area contributed by atoms with Crippen LogP contribution in [0.1, 0.15) is 30.5 Å². The maximum absolute atomic E-state index is 13.4. The first-order valence-electron chi connectivity index (χ1n) is 12.6. The molecule has 0 bridgehead atoms. The van der Waals surface area contributed by atoms with Crippen LogP contribution in [0.15, 0.2) is 47.8 Å². The summed E-state index contributed by atoms with van der Waals surface area (Å²) >= 11 is 0. The number of nitrogens with zero attached hydrogens (tertiary/aromatic N) is 2. The lowest BCUT2D eigenvalue weighted by Gasteiger charge is -2.25. The Balaban J connectivity index is 2.23. The molecule has 12 N–H and O–H groups in total. The number of aliphatic carboxylic acids is 2. The van der Waals surface area contributed by atoms with Gasteiger partial charge in [0.2, 0.25) is 17.7 Å². The van der Waals surface area contributed by atoms with Gasteiger partial charge in [-0.25, -0.2) is 9.78 Å². The number of hydrogen-bond donors (Lipinski definition) is 9. The molecule has 1 aromatic heterocycles. The van der Waals surface area contributed by atoms with Gasteiger partial charge in [-0.05, 0) is 18.4 Å². The smallest absolute Gasteiger partial charge is 0.326 e. The summed E-state index contributed by atoms with van der Waals surface area (Å²) < 4.78 is 0. The summed E-state index contributed by atoms with van der Waals surface area (Å²) in [5, 5.41) is 25.6. The topological polar surface area (TPSA) is 281 Å². The number of aliphatic imine (C=N–C) groups is 1. The van der Waals surface area contributed by atoms with Crippen LogP contribution in [0.3, 0.4) is 0 Å². The van der Waals surface area contributed by atoms with Gasteiger partial charge < -0.3 is 48.3 Å². The average molecular weight is 574 g/mol. The molecule has 4 unspecified atom stereocenters. The summed E-state index contributed by atoms with van der Waals surface area (Å²) in [6, 6.07) is 3.56. The lowest BCUT2D eigenvalue weighted by molar-refractivity contribution is -0.147. The fourth-order valence-corrected chi connectivity index (χ4v) is 3.76. The van der Waals surface area contributed by atoms with Crippen LogP contribution in [0.2, 0.25) is 0 Å². The van der Waals surface area contributed by atoms with Crippen LogP contribution in [0, 0.1) is 0 Å². The first kappa shape index (κ1) is 32.2. The molecule has 0 saturated carbocycles. The van der Waals surface area contributed by atoms with Crippen molar-refractivity contribution in [3.63, 3.8) is 0 Å². The van der Waals surface area contributed by atoms with E-state index in [0.717, 1.165) is 0 Å². The zero-order valence-electron chi connectivity index (χ0n) is 22.2. The number of aromatic nitrogens is 2. The summed E-state index contributed by atoms with van der Waals surface area (Å²) in [7, 11) is 0. The summed E-state index contributed by atoms with van der Waals surface area (Å²) in [6.45, 7) is 0.103. The third-order valence-corrected chi connectivity index (χ3v) is 5.82. The van der Waals surface area contributed by atoms with E-state index in [9.17, 15) is 29.1 Å². The number of carbonyl (C=O) groups excluding carboxylic acids is 3. The van der Waals surface area contributed by atoms with Crippen LogP contribution in [-0.2, 0) is 36.8 Å². The minimum Gasteiger partial charge on any atom is -0.481 e. The number of aromatic amines is 1. The predicted molar refractivity (Wildman–Crippen MR) is 146 cm³/mol. The molecule has 3 amide bonds. The van der Waals surface area contributed by atoms with Gasteiger partial charge in [0, 0.05) is 31.3 Å². The lowest BCUT2D eigenvalue weighted by Crippen LogP contribution is -2.58. The van der Waals surface area contributed by atoms with Crippen LogP contribution >= 0.6 is 0 Å². The molecule has 1 aromatic carbocycles. The van der Waals surface area contributed by atoms with Crippen molar-refractivity contribution in [3.8, 4) is 0 Å². The molecule has 16 nitrogen and oxygen atoms in total. The molecule has 0 fully saturated rings. The maximum atomic E-state index is 13.4. The van der Waals surface area contributed by atoms with Crippen molar-refractivity contribution in [2.75, 3.05) is 6.54 Å². The van der Waals surface area contributed by atoms with E-state index in [1.807, 2.05) is 0 Å². The lowest BCUT2D eigenvalue weighted by atomic mass is 10.0. The fourth-order valence-electron chi connectivity index (χ4n) is 3.76. The van der Waals surface area contributed by atoms with E-state index < -0.39 is 60.2 Å². The van der Waals surface area contributed by atoms with Gasteiger partial charge in [0.05, 0.1) is 18.8 Å². The second kappa shape index (κ2) is 16.2. The van der Waals surface area contributed by atoms with E-state index in [0.29, 0.717) is 11.3 Å². The largest absolute Gasteiger partial charge is 0.481 e. The monoisotopic (exact) mass is 573 g/mol. The molecular formula is C25H35N9O7. The van der Waals surface area contributed by atoms with Crippen LogP contribution in [0.25, 0.3) is 0 Å². The number of H-pyrrole nitrogens is 1.